The molecule has 0 radical (unpaired) electrons. The Labute approximate surface area is 137 Å². The first-order valence-corrected chi connectivity index (χ1v) is 9.15. The van der Waals surface area contributed by atoms with Gasteiger partial charge in [-0.15, -0.1) is 0 Å². The van der Waals surface area contributed by atoms with Crippen molar-refractivity contribution in [1.29, 1.82) is 0 Å². The van der Waals surface area contributed by atoms with Crippen LogP contribution in [0.15, 0.2) is 0 Å². The van der Waals surface area contributed by atoms with Gasteiger partial charge in [0, 0.05) is 6.61 Å². The third-order valence-corrected chi connectivity index (χ3v) is 3.77. The smallest absolute Gasteiger partial charge is 0.0701 e. The molecule has 22 heavy (non-hydrogen) atoms. The fourth-order valence-electron chi connectivity index (χ4n) is 2.37. The van der Waals surface area contributed by atoms with Gasteiger partial charge in [-0.3, -0.25) is 0 Å². The van der Waals surface area contributed by atoms with Gasteiger partial charge in [0.1, 0.15) is 0 Å². The molecule has 0 aromatic rings. The van der Waals surface area contributed by atoms with Gasteiger partial charge in [-0.2, -0.15) is 0 Å². The number of hydrogen-bond acceptors (Lipinski definition) is 4. The first-order chi connectivity index (χ1) is 10.8. The van der Waals surface area contributed by atoms with E-state index >= 15 is 0 Å². The van der Waals surface area contributed by atoms with Crippen LogP contribution < -0.4 is 0 Å². The second-order valence-electron chi connectivity index (χ2n) is 6.01. The molecule has 0 aromatic carbocycles. The van der Waals surface area contributed by atoms with Gasteiger partial charge in [-0.05, 0) is 12.3 Å². The number of unbranched alkanes of at least 4 members (excludes halogenated alkanes) is 4. The zero-order chi connectivity index (χ0) is 16.3. The van der Waals surface area contributed by atoms with Crippen LogP contribution in [0.25, 0.3) is 0 Å². The van der Waals surface area contributed by atoms with Gasteiger partial charge in [0.05, 0.1) is 39.6 Å². The fourth-order valence-corrected chi connectivity index (χ4v) is 2.37. The molecule has 0 bridgehead atoms. The Hall–Kier alpha value is -0.160. The van der Waals surface area contributed by atoms with E-state index in [1.54, 1.807) is 0 Å². The Morgan fingerprint density at radius 1 is 0.682 bits per heavy atom. The largest absolute Gasteiger partial charge is 0.394 e. The van der Waals surface area contributed by atoms with Crippen LogP contribution in [-0.2, 0) is 14.2 Å². The second kappa shape index (κ2) is 18.9. The van der Waals surface area contributed by atoms with Gasteiger partial charge in [0.15, 0.2) is 0 Å². The SMILES string of the molecule is CCCCCCC(C)CCCCOCCOCCOCCO. The van der Waals surface area contributed by atoms with Gasteiger partial charge in [0.2, 0.25) is 0 Å². The number of hydrogen-bond donors (Lipinski definition) is 1. The summed E-state index contributed by atoms with van der Waals surface area (Å²) in [5.74, 6) is 0.860. The quantitative estimate of drug-likeness (QED) is 0.390. The lowest BCUT2D eigenvalue weighted by Gasteiger charge is -2.11. The summed E-state index contributed by atoms with van der Waals surface area (Å²) in [6.07, 6.45) is 10.6. The van der Waals surface area contributed by atoms with E-state index in [4.69, 9.17) is 19.3 Å². The van der Waals surface area contributed by atoms with Crippen LogP contribution in [0.5, 0.6) is 0 Å². The minimum Gasteiger partial charge on any atom is -0.394 e. The van der Waals surface area contributed by atoms with E-state index in [2.05, 4.69) is 13.8 Å². The van der Waals surface area contributed by atoms with Crippen LogP contribution in [0.1, 0.15) is 65.2 Å². The zero-order valence-electron chi connectivity index (χ0n) is 14.9. The van der Waals surface area contributed by atoms with Gasteiger partial charge < -0.3 is 19.3 Å². The molecule has 0 rings (SSSR count). The van der Waals surface area contributed by atoms with E-state index in [9.17, 15) is 0 Å². The van der Waals surface area contributed by atoms with Gasteiger partial charge >= 0.3 is 0 Å². The summed E-state index contributed by atoms with van der Waals surface area (Å²) in [6, 6.07) is 0. The molecule has 1 N–H and O–H groups in total. The molecule has 4 heteroatoms. The van der Waals surface area contributed by atoms with Crippen molar-refractivity contribution in [2.75, 3.05) is 46.2 Å². The molecular weight excluding hydrogens is 280 g/mol. The Balaban J connectivity index is 3.07. The van der Waals surface area contributed by atoms with Crippen LogP contribution in [0.3, 0.4) is 0 Å². The summed E-state index contributed by atoms with van der Waals surface area (Å²) in [5, 5.41) is 8.52. The van der Waals surface area contributed by atoms with E-state index in [0.717, 1.165) is 18.9 Å². The molecule has 4 nitrogen and oxygen atoms in total. The fraction of sp³-hybridized carbons (Fsp3) is 1.00. The Morgan fingerprint density at radius 2 is 1.23 bits per heavy atom. The Bertz CT molecular complexity index is 200. The summed E-state index contributed by atoms with van der Waals surface area (Å²) in [6.45, 7) is 8.32. The monoisotopic (exact) mass is 318 g/mol. The van der Waals surface area contributed by atoms with E-state index in [-0.39, 0.29) is 6.61 Å². The average molecular weight is 318 g/mol. The first-order valence-electron chi connectivity index (χ1n) is 9.15. The van der Waals surface area contributed by atoms with Crippen LogP contribution in [0.4, 0.5) is 0 Å². The first kappa shape index (κ1) is 21.8. The molecule has 0 saturated carbocycles. The number of rotatable bonds is 18. The maximum Gasteiger partial charge on any atom is 0.0701 e. The number of ether oxygens (including phenoxy) is 3. The van der Waals surface area contributed by atoms with E-state index in [0.29, 0.717) is 33.0 Å². The normalized spacial score (nSPS) is 12.7. The summed E-state index contributed by atoms with van der Waals surface area (Å²) >= 11 is 0. The topological polar surface area (TPSA) is 47.9 Å². The summed E-state index contributed by atoms with van der Waals surface area (Å²) in [4.78, 5) is 0. The molecule has 0 saturated heterocycles. The lowest BCUT2D eigenvalue weighted by atomic mass is 9.97. The van der Waals surface area contributed by atoms with Crippen molar-refractivity contribution in [3.8, 4) is 0 Å². The molecule has 134 valence electrons. The lowest BCUT2D eigenvalue weighted by molar-refractivity contribution is 0.00712. The average Bonchev–Trinajstić information content (AvgIpc) is 2.52. The highest BCUT2D eigenvalue weighted by atomic mass is 16.5. The minimum atomic E-state index is 0.0699. The van der Waals surface area contributed by atoms with Crippen LogP contribution in [0, 0.1) is 5.92 Å². The van der Waals surface area contributed by atoms with Crippen molar-refractivity contribution in [1.82, 2.24) is 0 Å². The summed E-state index contributed by atoms with van der Waals surface area (Å²) in [7, 11) is 0. The molecule has 1 atom stereocenters. The predicted molar refractivity (Wildman–Crippen MR) is 91.3 cm³/mol. The molecule has 1 unspecified atom stereocenters. The third kappa shape index (κ3) is 17.9. The highest BCUT2D eigenvalue weighted by molar-refractivity contribution is 4.54. The van der Waals surface area contributed by atoms with Crippen molar-refractivity contribution < 1.29 is 19.3 Å². The third-order valence-electron chi connectivity index (χ3n) is 3.77. The van der Waals surface area contributed by atoms with Crippen molar-refractivity contribution in [3.05, 3.63) is 0 Å². The van der Waals surface area contributed by atoms with Gasteiger partial charge in [0.25, 0.3) is 0 Å². The second-order valence-corrected chi connectivity index (χ2v) is 6.01. The lowest BCUT2D eigenvalue weighted by Crippen LogP contribution is -2.11. The molecule has 0 spiro atoms. The Kier molecular flexibility index (Phi) is 18.8. The molecule has 0 aliphatic carbocycles. The molecule has 0 heterocycles. The number of aliphatic hydroxyl groups excluding tert-OH is 1. The highest BCUT2D eigenvalue weighted by Crippen LogP contribution is 2.16. The summed E-state index contributed by atoms with van der Waals surface area (Å²) < 4.78 is 16.0. The van der Waals surface area contributed by atoms with Crippen LogP contribution >= 0.6 is 0 Å². The molecule has 0 amide bonds. The summed E-state index contributed by atoms with van der Waals surface area (Å²) in [5.41, 5.74) is 0. The molecule has 0 aromatic heterocycles. The van der Waals surface area contributed by atoms with Crippen molar-refractivity contribution in [3.63, 3.8) is 0 Å². The van der Waals surface area contributed by atoms with Crippen molar-refractivity contribution in [2.24, 2.45) is 5.92 Å². The van der Waals surface area contributed by atoms with E-state index in [1.165, 1.54) is 44.9 Å². The predicted octanol–water partition coefficient (Wildman–Crippen LogP) is 3.81. The van der Waals surface area contributed by atoms with E-state index < -0.39 is 0 Å². The zero-order valence-corrected chi connectivity index (χ0v) is 14.9. The van der Waals surface area contributed by atoms with Gasteiger partial charge in [-0.25, -0.2) is 0 Å². The van der Waals surface area contributed by atoms with E-state index in [1.807, 2.05) is 0 Å². The standard InChI is InChI=1S/C18H38O4/c1-3-4-5-6-9-18(2)10-7-8-12-20-14-16-22-17-15-21-13-11-19/h18-19H,3-17H2,1-2H3. The highest BCUT2D eigenvalue weighted by Gasteiger charge is 2.01. The molecule has 0 fully saturated rings. The van der Waals surface area contributed by atoms with Gasteiger partial charge in [-0.1, -0.05) is 58.8 Å². The maximum atomic E-state index is 8.52. The van der Waals surface area contributed by atoms with Crippen molar-refractivity contribution >= 4 is 0 Å². The van der Waals surface area contributed by atoms with Crippen molar-refractivity contribution in [2.45, 2.75) is 65.2 Å². The molecular formula is C18H38O4. The van der Waals surface area contributed by atoms with Crippen LogP contribution in [-0.4, -0.2) is 51.4 Å². The number of aliphatic hydroxyl groups is 1. The molecule has 0 aliphatic rings. The Morgan fingerprint density at radius 3 is 1.82 bits per heavy atom. The maximum absolute atomic E-state index is 8.52. The minimum absolute atomic E-state index is 0.0699. The molecule has 0 aliphatic heterocycles. The van der Waals surface area contributed by atoms with Crippen LogP contribution in [0.2, 0.25) is 0 Å².